The largest absolute Gasteiger partial charge is 0.368 e. The average molecular weight is 212 g/mol. The van der Waals surface area contributed by atoms with Gasteiger partial charge in [0, 0.05) is 6.92 Å². The minimum atomic E-state index is -0.481. The van der Waals surface area contributed by atoms with Crippen molar-refractivity contribution in [3.05, 3.63) is 0 Å². The molecule has 0 aromatic rings. The predicted octanol–water partition coefficient (Wildman–Crippen LogP) is 0.947. The molecule has 1 fully saturated rings. The fourth-order valence-corrected chi connectivity index (χ4v) is 2.25. The molecular formula is C11H20N2O2. The van der Waals surface area contributed by atoms with Gasteiger partial charge >= 0.3 is 0 Å². The van der Waals surface area contributed by atoms with Crippen LogP contribution in [-0.4, -0.2) is 17.9 Å². The highest BCUT2D eigenvalue weighted by molar-refractivity contribution is 5.85. The molecule has 1 aliphatic carbocycles. The Morgan fingerprint density at radius 1 is 1.33 bits per heavy atom. The average Bonchev–Trinajstić information content (AvgIpc) is 2.17. The maximum atomic E-state index is 11.1. The molecule has 1 atom stereocenters. The monoisotopic (exact) mass is 212 g/mol. The van der Waals surface area contributed by atoms with E-state index in [1.165, 1.54) is 26.2 Å². The summed E-state index contributed by atoms with van der Waals surface area (Å²) < 4.78 is 0. The van der Waals surface area contributed by atoms with Gasteiger partial charge in [0.25, 0.3) is 0 Å². The summed E-state index contributed by atoms with van der Waals surface area (Å²) >= 11 is 0. The Balaban J connectivity index is 2.42. The minimum absolute atomic E-state index is 0.186. The second-order valence-corrected chi connectivity index (χ2v) is 4.40. The van der Waals surface area contributed by atoms with E-state index in [4.69, 9.17) is 5.73 Å². The lowest BCUT2D eigenvalue weighted by Crippen LogP contribution is -2.44. The van der Waals surface area contributed by atoms with Crippen LogP contribution in [0.3, 0.4) is 0 Å². The van der Waals surface area contributed by atoms with Crippen LogP contribution in [0.25, 0.3) is 0 Å². The molecular weight excluding hydrogens is 192 g/mol. The Morgan fingerprint density at radius 3 is 2.40 bits per heavy atom. The van der Waals surface area contributed by atoms with Crippen molar-refractivity contribution in [1.29, 1.82) is 0 Å². The van der Waals surface area contributed by atoms with E-state index in [1.54, 1.807) is 0 Å². The number of carbonyl (C=O) groups excluding carboxylic acids is 2. The molecule has 0 heterocycles. The Bertz CT molecular complexity index is 235. The van der Waals surface area contributed by atoms with Gasteiger partial charge in [-0.3, -0.25) is 9.59 Å². The molecule has 3 N–H and O–H groups in total. The molecule has 0 aliphatic heterocycles. The molecule has 0 bridgehead atoms. The molecule has 1 saturated carbocycles. The first-order valence-corrected chi connectivity index (χ1v) is 5.66. The summed E-state index contributed by atoms with van der Waals surface area (Å²) in [4.78, 5) is 22.0. The van der Waals surface area contributed by atoms with Crippen molar-refractivity contribution in [2.45, 2.75) is 51.5 Å². The summed E-state index contributed by atoms with van der Waals surface area (Å²) in [6.07, 6.45) is 6.77. The van der Waals surface area contributed by atoms with Gasteiger partial charge in [0.05, 0.1) is 0 Å². The Labute approximate surface area is 90.6 Å². The third kappa shape index (κ3) is 4.32. The zero-order valence-corrected chi connectivity index (χ0v) is 9.29. The first-order valence-electron chi connectivity index (χ1n) is 5.66. The fourth-order valence-electron chi connectivity index (χ4n) is 2.25. The molecule has 1 aliphatic rings. The highest BCUT2D eigenvalue weighted by Gasteiger charge is 2.22. The molecule has 2 amide bonds. The lowest BCUT2D eigenvalue weighted by atomic mass is 9.84. The van der Waals surface area contributed by atoms with E-state index in [2.05, 4.69) is 5.32 Å². The summed E-state index contributed by atoms with van der Waals surface area (Å²) in [7, 11) is 0. The third-order valence-corrected chi connectivity index (χ3v) is 3.01. The highest BCUT2D eigenvalue weighted by Crippen LogP contribution is 2.27. The van der Waals surface area contributed by atoms with Gasteiger partial charge in [0.2, 0.25) is 11.8 Å². The molecule has 4 heteroatoms. The summed E-state index contributed by atoms with van der Waals surface area (Å²) in [5.74, 6) is -0.0616. The summed E-state index contributed by atoms with van der Waals surface area (Å²) in [5, 5.41) is 2.61. The normalized spacial score (nSPS) is 19.5. The zero-order chi connectivity index (χ0) is 11.3. The summed E-state index contributed by atoms with van der Waals surface area (Å²) in [5.41, 5.74) is 5.25. The quantitative estimate of drug-likeness (QED) is 0.728. The van der Waals surface area contributed by atoms with Crippen LogP contribution in [0, 0.1) is 5.92 Å². The third-order valence-electron chi connectivity index (χ3n) is 3.01. The first-order chi connectivity index (χ1) is 7.09. The number of nitrogens with two attached hydrogens (primary N) is 1. The van der Waals surface area contributed by atoms with Crippen LogP contribution < -0.4 is 11.1 Å². The lowest BCUT2D eigenvalue weighted by Gasteiger charge is -2.25. The van der Waals surface area contributed by atoms with E-state index in [0.717, 1.165) is 12.8 Å². The smallest absolute Gasteiger partial charge is 0.240 e. The van der Waals surface area contributed by atoms with Crippen molar-refractivity contribution in [2.24, 2.45) is 11.7 Å². The van der Waals surface area contributed by atoms with Crippen LogP contribution in [0.1, 0.15) is 45.4 Å². The number of carbonyl (C=O) groups is 2. The van der Waals surface area contributed by atoms with E-state index in [9.17, 15) is 9.59 Å². The zero-order valence-electron chi connectivity index (χ0n) is 9.29. The van der Waals surface area contributed by atoms with E-state index >= 15 is 0 Å². The van der Waals surface area contributed by atoms with Crippen LogP contribution in [0.2, 0.25) is 0 Å². The topological polar surface area (TPSA) is 72.2 Å². The number of amides is 2. The van der Waals surface area contributed by atoms with Crippen molar-refractivity contribution in [2.75, 3.05) is 0 Å². The van der Waals surface area contributed by atoms with Gasteiger partial charge < -0.3 is 11.1 Å². The number of hydrogen-bond donors (Lipinski definition) is 2. The van der Waals surface area contributed by atoms with Crippen LogP contribution in [0.4, 0.5) is 0 Å². The number of rotatable bonds is 4. The van der Waals surface area contributed by atoms with Gasteiger partial charge in [-0.05, 0) is 12.3 Å². The Kier molecular flexibility index (Phi) is 4.59. The van der Waals surface area contributed by atoms with Gasteiger partial charge in [-0.2, -0.15) is 0 Å². The second kappa shape index (κ2) is 5.73. The number of nitrogens with one attached hydrogen (secondary N) is 1. The molecule has 0 spiro atoms. The van der Waals surface area contributed by atoms with Crippen molar-refractivity contribution < 1.29 is 9.59 Å². The predicted molar refractivity (Wildman–Crippen MR) is 58.0 cm³/mol. The maximum absolute atomic E-state index is 11.1. The van der Waals surface area contributed by atoms with E-state index < -0.39 is 11.9 Å². The lowest BCUT2D eigenvalue weighted by molar-refractivity contribution is -0.126. The molecule has 0 aromatic heterocycles. The molecule has 0 aromatic carbocycles. The van der Waals surface area contributed by atoms with Crippen molar-refractivity contribution in [1.82, 2.24) is 5.32 Å². The van der Waals surface area contributed by atoms with Crippen molar-refractivity contribution in [3.63, 3.8) is 0 Å². The van der Waals surface area contributed by atoms with E-state index in [0.29, 0.717) is 12.3 Å². The summed E-state index contributed by atoms with van der Waals surface area (Å²) in [6, 6.07) is -0.481. The Hall–Kier alpha value is -1.06. The van der Waals surface area contributed by atoms with Gasteiger partial charge in [0.1, 0.15) is 6.04 Å². The van der Waals surface area contributed by atoms with Crippen molar-refractivity contribution in [3.8, 4) is 0 Å². The first kappa shape index (κ1) is 12.0. The van der Waals surface area contributed by atoms with Gasteiger partial charge in [-0.15, -0.1) is 0 Å². The second-order valence-electron chi connectivity index (χ2n) is 4.40. The number of primary amides is 1. The summed E-state index contributed by atoms with van der Waals surface area (Å²) in [6.45, 7) is 1.41. The van der Waals surface area contributed by atoms with Crippen LogP contribution in [-0.2, 0) is 9.59 Å². The van der Waals surface area contributed by atoms with Gasteiger partial charge in [-0.25, -0.2) is 0 Å². The van der Waals surface area contributed by atoms with E-state index in [-0.39, 0.29) is 5.91 Å². The highest BCUT2D eigenvalue weighted by atomic mass is 16.2. The molecule has 15 heavy (non-hydrogen) atoms. The van der Waals surface area contributed by atoms with Gasteiger partial charge in [0.15, 0.2) is 0 Å². The van der Waals surface area contributed by atoms with Gasteiger partial charge in [-0.1, -0.05) is 32.1 Å². The maximum Gasteiger partial charge on any atom is 0.240 e. The molecule has 0 unspecified atom stereocenters. The SMILES string of the molecule is CC(=O)N[C@@H](CC1CCCCC1)C(N)=O. The molecule has 1 rings (SSSR count). The molecule has 86 valence electrons. The molecule has 0 saturated heterocycles. The fraction of sp³-hybridized carbons (Fsp3) is 0.818. The molecule has 0 radical (unpaired) electrons. The Morgan fingerprint density at radius 2 is 1.93 bits per heavy atom. The van der Waals surface area contributed by atoms with Crippen LogP contribution in [0.5, 0.6) is 0 Å². The van der Waals surface area contributed by atoms with E-state index in [1.807, 2.05) is 0 Å². The number of hydrogen-bond acceptors (Lipinski definition) is 2. The van der Waals surface area contributed by atoms with Crippen LogP contribution >= 0.6 is 0 Å². The van der Waals surface area contributed by atoms with Crippen LogP contribution in [0.15, 0.2) is 0 Å². The standard InChI is InChI=1S/C11H20N2O2/c1-8(14)13-10(11(12)15)7-9-5-3-2-4-6-9/h9-10H,2-7H2,1H3,(H2,12,15)(H,13,14)/t10-/m0/s1. The minimum Gasteiger partial charge on any atom is -0.368 e. The van der Waals surface area contributed by atoms with Crippen molar-refractivity contribution >= 4 is 11.8 Å². The molecule has 4 nitrogen and oxygen atoms in total.